The summed E-state index contributed by atoms with van der Waals surface area (Å²) < 4.78 is 0. The fraction of sp³-hybridized carbons (Fsp3) is 0.167. The molecule has 0 saturated carbocycles. The van der Waals surface area contributed by atoms with E-state index >= 15 is 0 Å². The zero-order chi connectivity index (χ0) is 11.4. The minimum absolute atomic E-state index is 0.130. The molecule has 2 aromatic carbocycles. The van der Waals surface area contributed by atoms with Gasteiger partial charge >= 0.3 is 0 Å². The van der Waals surface area contributed by atoms with Crippen molar-refractivity contribution in [2.24, 2.45) is 0 Å². The van der Waals surface area contributed by atoms with E-state index in [4.69, 9.17) is 5.11 Å². The lowest BCUT2D eigenvalue weighted by molar-refractivity contribution is 0.465. The Kier molecular flexibility index (Phi) is 3.39. The summed E-state index contributed by atoms with van der Waals surface area (Å²) in [4.78, 5) is 21.7. The number of hydrogen-bond acceptors (Lipinski definition) is 3. The molecular weight excluding hydrogens is 192 g/mol. The zero-order valence-electron chi connectivity index (χ0n) is 8.65. The van der Waals surface area contributed by atoms with Crippen LogP contribution in [0.1, 0.15) is 13.8 Å². The van der Waals surface area contributed by atoms with Crippen LogP contribution in [0.5, 0.6) is 5.75 Å². The van der Waals surface area contributed by atoms with Crippen molar-refractivity contribution < 1.29 is 5.11 Å². The Morgan fingerprint density at radius 2 is 1.47 bits per heavy atom. The maximum atomic E-state index is 11.0. The largest absolute Gasteiger partial charge is 0.503 e. The van der Waals surface area contributed by atoms with Crippen LogP contribution in [0.4, 0.5) is 0 Å². The standard InChI is InChI=1S/C10H6O3.C2H6/c11-8-7(9(12)10(8)13)6-4-2-1-3-5-6;1-2/h1-5,11H;1-2H3. The fourth-order valence-electron chi connectivity index (χ4n) is 1.25. The molecule has 1 N–H and O–H groups in total. The smallest absolute Gasteiger partial charge is 0.268 e. The second-order valence-electron chi connectivity index (χ2n) is 2.75. The Balaban J connectivity index is 0.000000531. The molecule has 0 radical (unpaired) electrons. The van der Waals surface area contributed by atoms with Crippen LogP contribution in [0, 0.1) is 0 Å². The molecule has 3 nitrogen and oxygen atoms in total. The van der Waals surface area contributed by atoms with Gasteiger partial charge in [0.25, 0.3) is 5.43 Å². The van der Waals surface area contributed by atoms with Crippen molar-refractivity contribution in [1.29, 1.82) is 0 Å². The van der Waals surface area contributed by atoms with Crippen molar-refractivity contribution in [3.63, 3.8) is 0 Å². The molecule has 0 amide bonds. The quantitative estimate of drug-likeness (QED) is 0.719. The summed E-state index contributed by atoms with van der Waals surface area (Å²) in [5.74, 6) is -0.420. The first-order valence-corrected chi connectivity index (χ1v) is 4.79. The summed E-state index contributed by atoms with van der Waals surface area (Å²) in [6.07, 6.45) is 0. The molecule has 15 heavy (non-hydrogen) atoms. The molecule has 2 aromatic rings. The molecular formula is C12H12O3. The molecule has 0 unspecified atom stereocenters. The Labute approximate surface area is 87.3 Å². The van der Waals surface area contributed by atoms with E-state index < -0.39 is 16.6 Å². The van der Waals surface area contributed by atoms with Gasteiger partial charge < -0.3 is 5.11 Å². The van der Waals surface area contributed by atoms with Crippen molar-refractivity contribution in [2.45, 2.75) is 13.8 Å². The van der Waals surface area contributed by atoms with E-state index in [-0.39, 0.29) is 5.56 Å². The van der Waals surface area contributed by atoms with Crippen LogP contribution in [-0.2, 0) is 0 Å². The predicted molar refractivity (Wildman–Crippen MR) is 59.8 cm³/mol. The first kappa shape index (κ1) is 11.2. The fourth-order valence-corrected chi connectivity index (χ4v) is 1.25. The first-order chi connectivity index (χ1) is 7.22. The lowest BCUT2D eigenvalue weighted by Crippen LogP contribution is -2.31. The minimum atomic E-state index is -0.793. The van der Waals surface area contributed by atoms with Gasteiger partial charge in [-0.3, -0.25) is 9.59 Å². The van der Waals surface area contributed by atoms with Gasteiger partial charge in [-0.25, -0.2) is 0 Å². The molecule has 3 heteroatoms. The molecule has 0 spiro atoms. The van der Waals surface area contributed by atoms with Gasteiger partial charge in [0, 0.05) is 0 Å². The monoisotopic (exact) mass is 204 g/mol. The summed E-state index contributed by atoms with van der Waals surface area (Å²) in [6, 6.07) is 8.63. The van der Waals surface area contributed by atoms with Crippen LogP contribution in [-0.4, -0.2) is 5.11 Å². The van der Waals surface area contributed by atoms with Crippen molar-refractivity contribution in [3.8, 4) is 16.9 Å². The number of benzene rings is 1. The summed E-state index contributed by atoms with van der Waals surface area (Å²) >= 11 is 0. The number of rotatable bonds is 1. The normalized spacial score (nSPS) is 9.47. The van der Waals surface area contributed by atoms with Crippen LogP contribution >= 0.6 is 0 Å². The van der Waals surface area contributed by atoms with E-state index in [2.05, 4.69) is 0 Å². The molecule has 0 atom stereocenters. The average molecular weight is 204 g/mol. The molecule has 0 saturated heterocycles. The maximum absolute atomic E-state index is 11.0. The Hall–Kier alpha value is -1.90. The maximum Gasteiger partial charge on any atom is 0.268 e. The van der Waals surface area contributed by atoms with E-state index in [1.165, 1.54) is 0 Å². The molecule has 0 fully saturated rings. The summed E-state index contributed by atoms with van der Waals surface area (Å²) in [7, 11) is 0. The second kappa shape index (κ2) is 4.55. The van der Waals surface area contributed by atoms with E-state index in [0.717, 1.165) is 0 Å². The van der Waals surface area contributed by atoms with Crippen LogP contribution in [0.3, 0.4) is 0 Å². The van der Waals surface area contributed by atoms with E-state index in [9.17, 15) is 9.59 Å². The third-order valence-corrected chi connectivity index (χ3v) is 1.95. The molecule has 0 aliphatic rings. The highest BCUT2D eigenvalue weighted by molar-refractivity contribution is 5.73. The highest BCUT2D eigenvalue weighted by Crippen LogP contribution is 2.23. The van der Waals surface area contributed by atoms with Crippen molar-refractivity contribution >= 4 is 0 Å². The van der Waals surface area contributed by atoms with E-state index in [1.807, 2.05) is 13.8 Å². The lowest BCUT2D eigenvalue weighted by atomic mass is 10.0. The van der Waals surface area contributed by atoms with Gasteiger partial charge in [-0.2, -0.15) is 0 Å². The summed E-state index contributed by atoms with van der Waals surface area (Å²) in [5.41, 5.74) is -0.683. The summed E-state index contributed by atoms with van der Waals surface area (Å²) in [6.45, 7) is 4.00. The Bertz CT molecular complexity index is 505. The van der Waals surface area contributed by atoms with Crippen LogP contribution < -0.4 is 10.9 Å². The Morgan fingerprint density at radius 1 is 0.933 bits per heavy atom. The number of hydrogen-bond donors (Lipinski definition) is 1. The van der Waals surface area contributed by atoms with Gasteiger partial charge in [-0.15, -0.1) is 0 Å². The highest BCUT2D eigenvalue weighted by atomic mass is 16.3. The molecule has 0 aliphatic carbocycles. The van der Waals surface area contributed by atoms with Crippen molar-refractivity contribution in [3.05, 3.63) is 50.8 Å². The summed E-state index contributed by atoms with van der Waals surface area (Å²) in [5, 5.41) is 9.11. The first-order valence-electron chi connectivity index (χ1n) is 4.79. The third kappa shape index (κ3) is 1.81. The van der Waals surface area contributed by atoms with Gasteiger partial charge in [-0.1, -0.05) is 44.2 Å². The molecule has 0 aliphatic heterocycles. The Morgan fingerprint density at radius 3 is 1.93 bits per heavy atom. The van der Waals surface area contributed by atoms with Gasteiger partial charge in [0.2, 0.25) is 5.43 Å². The van der Waals surface area contributed by atoms with E-state index in [1.54, 1.807) is 30.3 Å². The van der Waals surface area contributed by atoms with Gasteiger partial charge in [0.1, 0.15) is 0 Å². The predicted octanol–water partition coefficient (Wildman–Crippen LogP) is 1.68. The number of aromatic hydroxyl groups is 1. The third-order valence-electron chi connectivity index (χ3n) is 1.95. The molecule has 0 bridgehead atoms. The second-order valence-corrected chi connectivity index (χ2v) is 2.75. The van der Waals surface area contributed by atoms with Crippen LogP contribution in [0.25, 0.3) is 11.1 Å². The van der Waals surface area contributed by atoms with Gasteiger partial charge in [0.05, 0.1) is 5.56 Å². The molecule has 78 valence electrons. The zero-order valence-corrected chi connectivity index (χ0v) is 8.65. The highest BCUT2D eigenvalue weighted by Gasteiger charge is 2.20. The van der Waals surface area contributed by atoms with Crippen LogP contribution in [0.2, 0.25) is 0 Å². The van der Waals surface area contributed by atoms with Crippen LogP contribution in [0.15, 0.2) is 39.9 Å². The molecule has 2 rings (SSSR count). The topological polar surface area (TPSA) is 54.4 Å². The van der Waals surface area contributed by atoms with Crippen molar-refractivity contribution in [1.82, 2.24) is 0 Å². The van der Waals surface area contributed by atoms with Crippen molar-refractivity contribution in [2.75, 3.05) is 0 Å². The van der Waals surface area contributed by atoms with Gasteiger partial charge in [0.15, 0.2) is 5.75 Å². The average Bonchev–Trinajstić information content (AvgIpc) is 2.33. The molecule has 0 heterocycles. The van der Waals surface area contributed by atoms with E-state index in [0.29, 0.717) is 5.56 Å². The SMILES string of the molecule is CC.O=c1c(O)c(-c2ccccc2)c1=O. The molecule has 0 aromatic heterocycles. The minimum Gasteiger partial charge on any atom is -0.503 e. The lowest BCUT2D eigenvalue weighted by Gasteiger charge is -2.03. The van der Waals surface area contributed by atoms with Gasteiger partial charge in [-0.05, 0) is 5.56 Å².